The number of anilines is 1. The van der Waals surface area contributed by atoms with Crippen LogP contribution in [0, 0.1) is 0 Å². The quantitative estimate of drug-likeness (QED) is 0.675. The van der Waals surface area contributed by atoms with Crippen molar-refractivity contribution in [3.8, 4) is 0 Å². The van der Waals surface area contributed by atoms with Gasteiger partial charge in [0, 0.05) is 0 Å². The molecular formula is C10H11N7. The average molecular weight is 229 g/mol. The molecule has 0 bridgehead atoms. The lowest BCUT2D eigenvalue weighted by Gasteiger charge is -2.06. The highest BCUT2D eigenvalue weighted by Gasteiger charge is 2.13. The number of hydrogen-bond acceptors (Lipinski definition) is 5. The third-order valence-corrected chi connectivity index (χ3v) is 2.61. The van der Waals surface area contributed by atoms with Gasteiger partial charge in [0.1, 0.15) is 30.3 Å². The van der Waals surface area contributed by atoms with E-state index in [2.05, 4.69) is 25.0 Å². The molecule has 0 aliphatic carbocycles. The highest BCUT2D eigenvalue weighted by atomic mass is 15.3. The first kappa shape index (κ1) is 9.76. The van der Waals surface area contributed by atoms with Crippen molar-refractivity contribution in [3.05, 3.63) is 30.6 Å². The molecule has 0 amide bonds. The fraction of sp³-hybridized carbons (Fsp3) is 0.200. The van der Waals surface area contributed by atoms with E-state index in [1.807, 2.05) is 13.0 Å². The molecule has 17 heavy (non-hydrogen) atoms. The largest absolute Gasteiger partial charge is 0.384 e. The number of nitrogens with zero attached hydrogens (tertiary/aromatic N) is 5. The molecule has 3 aromatic rings. The number of hydrogen-bond donors (Lipinski definition) is 2. The van der Waals surface area contributed by atoms with Crippen molar-refractivity contribution in [1.29, 1.82) is 0 Å². The molecule has 0 aliphatic rings. The molecule has 3 rings (SSSR count). The van der Waals surface area contributed by atoms with E-state index >= 15 is 0 Å². The van der Waals surface area contributed by atoms with Gasteiger partial charge in [0.2, 0.25) is 0 Å². The van der Waals surface area contributed by atoms with E-state index in [1.165, 1.54) is 6.33 Å². The highest BCUT2D eigenvalue weighted by Crippen LogP contribution is 2.17. The second kappa shape index (κ2) is 3.55. The number of aromatic amines is 1. The number of imidazole rings is 1. The summed E-state index contributed by atoms with van der Waals surface area (Å²) in [6.45, 7) is 1.98. The zero-order chi connectivity index (χ0) is 11.8. The zero-order valence-corrected chi connectivity index (χ0v) is 9.20. The Morgan fingerprint density at radius 2 is 2.24 bits per heavy atom. The molecule has 3 aromatic heterocycles. The number of fused-ring (bicyclic) bond motifs is 1. The molecule has 0 saturated heterocycles. The molecule has 1 unspecified atom stereocenters. The molecule has 7 nitrogen and oxygen atoms in total. The maximum Gasteiger partial charge on any atom is 0.179 e. The molecule has 7 heteroatoms. The third-order valence-electron chi connectivity index (χ3n) is 2.61. The van der Waals surface area contributed by atoms with Crippen LogP contribution in [-0.2, 0) is 0 Å². The predicted octanol–water partition coefficient (Wildman–Crippen LogP) is 0.741. The minimum atomic E-state index is -0.0204. The molecule has 0 spiro atoms. The summed E-state index contributed by atoms with van der Waals surface area (Å²) in [4.78, 5) is 15.6. The Morgan fingerprint density at radius 1 is 1.35 bits per heavy atom. The van der Waals surface area contributed by atoms with Crippen LogP contribution in [0.5, 0.6) is 0 Å². The first-order chi connectivity index (χ1) is 8.24. The second-order valence-electron chi connectivity index (χ2n) is 3.78. The van der Waals surface area contributed by atoms with Gasteiger partial charge in [-0.2, -0.15) is 5.10 Å². The summed E-state index contributed by atoms with van der Waals surface area (Å²) in [6.07, 6.45) is 3.15. The van der Waals surface area contributed by atoms with Crippen LogP contribution in [0.2, 0.25) is 0 Å². The van der Waals surface area contributed by atoms with Crippen molar-refractivity contribution in [2.75, 3.05) is 5.73 Å². The third kappa shape index (κ3) is 1.61. The fourth-order valence-corrected chi connectivity index (χ4v) is 1.67. The summed E-state index contributed by atoms with van der Waals surface area (Å²) in [5, 5.41) is 4.08. The van der Waals surface area contributed by atoms with Crippen molar-refractivity contribution in [3.63, 3.8) is 0 Å². The molecule has 3 N–H and O–H groups in total. The van der Waals surface area contributed by atoms with Crippen LogP contribution >= 0.6 is 0 Å². The minimum absolute atomic E-state index is 0.0204. The SMILES string of the molecule is CC(c1nc2nc(N)ccc2[nH]1)n1cncn1. The van der Waals surface area contributed by atoms with Gasteiger partial charge in [-0.15, -0.1) is 0 Å². The normalized spacial score (nSPS) is 13.0. The number of nitrogens with one attached hydrogen (secondary N) is 1. The summed E-state index contributed by atoms with van der Waals surface area (Å²) in [6, 6.07) is 3.58. The number of nitrogen functional groups attached to an aromatic ring is 1. The standard InChI is InChI=1S/C10H11N7/c1-6(17-5-12-4-13-17)9-14-7-2-3-8(11)15-10(7)16-9/h2-6H,1H3,(H3,11,14,15,16). The zero-order valence-electron chi connectivity index (χ0n) is 9.20. The molecule has 0 aromatic carbocycles. The molecular weight excluding hydrogens is 218 g/mol. The van der Waals surface area contributed by atoms with Crippen molar-refractivity contribution < 1.29 is 0 Å². The maximum atomic E-state index is 5.61. The number of pyridine rings is 1. The van der Waals surface area contributed by atoms with Gasteiger partial charge in [-0.05, 0) is 19.1 Å². The molecule has 1 atom stereocenters. The molecule has 0 saturated carbocycles. The molecule has 3 heterocycles. The van der Waals surface area contributed by atoms with Crippen molar-refractivity contribution in [2.24, 2.45) is 0 Å². The maximum absolute atomic E-state index is 5.61. The summed E-state index contributed by atoms with van der Waals surface area (Å²) >= 11 is 0. The van der Waals surface area contributed by atoms with E-state index in [4.69, 9.17) is 5.73 Å². The molecule has 0 radical (unpaired) electrons. The van der Waals surface area contributed by atoms with Gasteiger partial charge in [0.25, 0.3) is 0 Å². The van der Waals surface area contributed by atoms with E-state index in [-0.39, 0.29) is 6.04 Å². The monoisotopic (exact) mass is 229 g/mol. The first-order valence-corrected chi connectivity index (χ1v) is 5.20. The second-order valence-corrected chi connectivity index (χ2v) is 3.78. The predicted molar refractivity (Wildman–Crippen MR) is 62.1 cm³/mol. The lowest BCUT2D eigenvalue weighted by molar-refractivity contribution is 0.540. The number of rotatable bonds is 2. The van der Waals surface area contributed by atoms with Gasteiger partial charge in [-0.25, -0.2) is 19.6 Å². The van der Waals surface area contributed by atoms with E-state index < -0.39 is 0 Å². The van der Waals surface area contributed by atoms with Gasteiger partial charge in [-0.3, -0.25) is 0 Å². The Bertz CT molecular complexity index is 640. The van der Waals surface area contributed by atoms with Crippen LogP contribution in [0.15, 0.2) is 24.8 Å². The van der Waals surface area contributed by atoms with Gasteiger partial charge >= 0.3 is 0 Å². The summed E-state index contributed by atoms with van der Waals surface area (Å²) in [7, 11) is 0. The van der Waals surface area contributed by atoms with E-state index in [0.717, 1.165) is 11.3 Å². The van der Waals surface area contributed by atoms with Crippen molar-refractivity contribution >= 4 is 17.0 Å². The van der Waals surface area contributed by atoms with Crippen LogP contribution in [0.4, 0.5) is 5.82 Å². The van der Waals surface area contributed by atoms with E-state index in [0.29, 0.717) is 11.5 Å². The lowest BCUT2D eigenvalue weighted by Crippen LogP contribution is -2.08. The summed E-state index contributed by atoms with van der Waals surface area (Å²) in [5.41, 5.74) is 7.09. The molecule has 0 fully saturated rings. The van der Waals surface area contributed by atoms with Gasteiger partial charge in [0.05, 0.1) is 5.52 Å². The van der Waals surface area contributed by atoms with Crippen LogP contribution in [0.1, 0.15) is 18.8 Å². The van der Waals surface area contributed by atoms with Crippen LogP contribution in [0.25, 0.3) is 11.2 Å². The topological polar surface area (TPSA) is 98.3 Å². The minimum Gasteiger partial charge on any atom is -0.384 e. The van der Waals surface area contributed by atoms with Gasteiger partial charge < -0.3 is 10.7 Å². The fourth-order valence-electron chi connectivity index (χ4n) is 1.67. The van der Waals surface area contributed by atoms with Crippen LogP contribution in [-0.4, -0.2) is 29.7 Å². The average Bonchev–Trinajstić information content (AvgIpc) is 2.96. The number of aromatic nitrogens is 6. The van der Waals surface area contributed by atoms with Gasteiger partial charge in [0.15, 0.2) is 5.65 Å². The Balaban J connectivity index is 2.06. The summed E-state index contributed by atoms with van der Waals surface area (Å²) in [5.74, 6) is 1.24. The smallest absolute Gasteiger partial charge is 0.179 e. The van der Waals surface area contributed by atoms with Crippen molar-refractivity contribution in [1.82, 2.24) is 29.7 Å². The Labute approximate surface area is 96.7 Å². The molecule has 0 aliphatic heterocycles. The molecule has 86 valence electrons. The lowest BCUT2D eigenvalue weighted by atomic mass is 10.3. The Hall–Kier alpha value is -2.44. The Kier molecular flexibility index (Phi) is 2.04. The van der Waals surface area contributed by atoms with Crippen LogP contribution in [0.3, 0.4) is 0 Å². The van der Waals surface area contributed by atoms with E-state index in [9.17, 15) is 0 Å². The van der Waals surface area contributed by atoms with Gasteiger partial charge in [-0.1, -0.05) is 0 Å². The van der Waals surface area contributed by atoms with Crippen molar-refractivity contribution in [2.45, 2.75) is 13.0 Å². The first-order valence-electron chi connectivity index (χ1n) is 5.20. The van der Waals surface area contributed by atoms with Crippen LogP contribution < -0.4 is 5.73 Å². The number of H-pyrrole nitrogens is 1. The van der Waals surface area contributed by atoms with E-state index in [1.54, 1.807) is 17.1 Å². The highest BCUT2D eigenvalue weighted by molar-refractivity contribution is 5.72. The number of nitrogens with two attached hydrogens (primary N) is 1. The Morgan fingerprint density at radius 3 is 3.00 bits per heavy atom. The summed E-state index contributed by atoms with van der Waals surface area (Å²) < 4.78 is 1.72.